The lowest BCUT2D eigenvalue weighted by atomic mass is 10.2. The van der Waals surface area contributed by atoms with E-state index in [1.54, 1.807) is 36.3 Å². The maximum absolute atomic E-state index is 12.6. The van der Waals surface area contributed by atoms with Crippen molar-refractivity contribution in [1.29, 1.82) is 0 Å². The summed E-state index contributed by atoms with van der Waals surface area (Å²) in [5.74, 6) is 0.628. The summed E-state index contributed by atoms with van der Waals surface area (Å²) >= 11 is 0. The summed E-state index contributed by atoms with van der Waals surface area (Å²) in [7, 11) is 1.13. The van der Waals surface area contributed by atoms with Crippen molar-refractivity contribution in [1.82, 2.24) is 4.31 Å². The third kappa shape index (κ3) is 3.89. The molecule has 7 heteroatoms. The van der Waals surface area contributed by atoms with Gasteiger partial charge < -0.3 is 9.64 Å². The normalized spacial score (nSPS) is 14.0. The van der Waals surface area contributed by atoms with Crippen molar-refractivity contribution in [2.45, 2.75) is 11.3 Å². The Balaban J connectivity index is 1.78. The summed E-state index contributed by atoms with van der Waals surface area (Å²) in [5.41, 5.74) is 2.53. The minimum absolute atomic E-state index is 0.132. The Labute approximate surface area is 159 Å². The fraction of sp³-hybridized carbons (Fsp3) is 0.250. The zero-order valence-electron chi connectivity index (χ0n) is 15.5. The van der Waals surface area contributed by atoms with Gasteiger partial charge >= 0.3 is 0 Å². The molecule has 0 unspecified atom stereocenters. The molecule has 142 valence electrons. The first kappa shape index (κ1) is 19.1. The fourth-order valence-electron chi connectivity index (χ4n) is 2.95. The molecule has 2 aromatic carbocycles. The molecule has 0 aliphatic carbocycles. The van der Waals surface area contributed by atoms with Gasteiger partial charge in [0.15, 0.2) is 0 Å². The third-order valence-electron chi connectivity index (χ3n) is 4.53. The van der Waals surface area contributed by atoms with Crippen LogP contribution in [0, 0.1) is 0 Å². The topological polar surface area (TPSA) is 66.9 Å². The molecule has 0 spiro atoms. The van der Waals surface area contributed by atoms with Crippen molar-refractivity contribution in [2.75, 3.05) is 32.6 Å². The van der Waals surface area contributed by atoms with Gasteiger partial charge in [-0.2, -0.15) is 0 Å². The van der Waals surface area contributed by atoms with E-state index in [0.717, 1.165) is 22.6 Å². The van der Waals surface area contributed by atoms with Crippen LogP contribution in [0.4, 0.5) is 5.69 Å². The van der Waals surface area contributed by atoms with Gasteiger partial charge in [-0.1, -0.05) is 12.1 Å². The van der Waals surface area contributed by atoms with E-state index in [4.69, 9.17) is 4.74 Å². The molecule has 0 N–H and O–H groups in total. The number of carbonyl (C=O) groups excluding carboxylic acids is 1. The van der Waals surface area contributed by atoms with E-state index < -0.39 is 10.0 Å². The molecular formula is C20H22N2O4S. The van der Waals surface area contributed by atoms with Crippen LogP contribution in [-0.2, 0) is 21.2 Å². The monoisotopic (exact) mass is 386 g/mol. The highest BCUT2D eigenvalue weighted by molar-refractivity contribution is 7.89. The van der Waals surface area contributed by atoms with Crippen molar-refractivity contribution in [3.63, 3.8) is 0 Å². The molecule has 2 aromatic rings. The zero-order valence-corrected chi connectivity index (χ0v) is 16.4. The SMILES string of the molecule is COc1ccc(/C=C/C(=O)N2CCc3cc(S(=O)(=O)N(C)C)ccc32)cc1. The van der Waals surface area contributed by atoms with Crippen LogP contribution in [-0.4, -0.2) is 46.4 Å². The number of anilines is 1. The lowest BCUT2D eigenvalue weighted by molar-refractivity contribution is -0.114. The first-order valence-electron chi connectivity index (χ1n) is 8.52. The van der Waals surface area contributed by atoms with E-state index in [9.17, 15) is 13.2 Å². The summed E-state index contributed by atoms with van der Waals surface area (Å²) < 4.78 is 30.9. The highest BCUT2D eigenvalue weighted by Crippen LogP contribution is 2.31. The summed E-state index contributed by atoms with van der Waals surface area (Å²) in [6.45, 7) is 0.534. The number of ether oxygens (including phenoxy) is 1. The quantitative estimate of drug-likeness (QED) is 0.741. The predicted octanol–water partition coefficient (Wildman–Crippen LogP) is 2.55. The number of carbonyl (C=O) groups is 1. The van der Waals surface area contributed by atoms with Gasteiger partial charge in [0.2, 0.25) is 10.0 Å². The molecule has 6 nitrogen and oxygen atoms in total. The molecule has 1 aliphatic rings. The van der Waals surface area contributed by atoms with E-state index in [1.807, 2.05) is 24.3 Å². The van der Waals surface area contributed by atoms with E-state index in [0.29, 0.717) is 13.0 Å². The molecular weight excluding hydrogens is 364 g/mol. The smallest absolute Gasteiger partial charge is 0.251 e. The molecule has 27 heavy (non-hydrogen) atoms. The number of fused-ring (bicyclic) bond motifs is 1. The molecule has 0 radical (unpaired) electrons. The standard InChI is InChI=1S/C20H22N2O4S/c1-21(2)27(24,25)18-9-10-19-16(14-18)12-13-22(19)20(23)11-6-15-4-7-17(26-3)8-5-15/h4-11,14H,12-13H2,1-3H3/b11-6+. The Kier molecular flexibility index (Phi) is 5.34. The van der Waals surface area contributed by atoms with Crippen LogP contribution in [0.3, 0.4) is 0 Å². The van der Waals surface area contributed by atoms with Gasteiger partial charge in [-0.3, -0.25) is 4.79 Å². The van der Waals surface area contributed by atoms with Crippen molar-refractivity contribution in [3.8, 4) is 5.75 Å². The molecule has 0 saturated carbocycles. The van der Waals surface area contributed by atoms with Gasteiger partial charge in [0.1, 0.15) is 5.75 Å². The Morgan fingerprint density at radius 2 is 1.85 bits per heavy atom. The van der Waals surface area contributed by atoms with Crippen molar-refractivity contribution < 1.29 is 17.9 Å². The number of nitrogens with zero attached hydrogens (tertiary/aromatic N) is 2. The highest BCUT2D eigenvalue weighted by Gasteiger charge is 2.26. The lowest BCUT2D eigenvalue weighted by Gasteiger charge is -2.16. The van der Waals surface area contributed by atoms with E-state index >= 15 is 0 Å². The maximum atomic E-state index is 12.6. The number of benzene rings is 2. The summed E-state index contributed by atoms with van der Waals surface area (Å²) in [5, 5.41) is 0. The van der Waals surface area contributed by atoms with Gasteiger partial charge in [-0.05, 0) is 54.0 Å². The molecule has 3 rings (SSSR count). The molecule has 1 amide bonds. The van der Waals surface area contributed by atoms with Crippen LogP contribution in [0.25, 0.3) is 6.08 Å². The molecule has 0 saturated heterocycles. The van der Waals surface area contributed by atoms with Crippen molar-refractivity contribution >= 4 is 27.7 Å². The molecule has 1 heterocycles. The van der Waals surface area contributed by atoms with Crippen LogP contribution in [0.2, 0.25) is 0 Å². The largest absolute Gasteiger partial charge is 0.497 e. The minimum Gasteiger partial charge on any atom is -0.497 e. The van der Waals surface area contributed by atoms with E-state index in [1.165, 1.54) is 24.5 Å². The minimum atomic E-state index is -3.48. The Hall–Kier alpha value is -2.64. The predicted molar refractivity (Wildman–Crippen MR) is 105 cm³/mol. The average molecular weight is 386 g/mol. The second-order valence-electron chi connectivity index (χ2n) is 6.42. The lowest BCUT2D eigenvalue weighted by Crippen LogP contribution is -2.27. The fourth-order valence-corrected chi connectivity index (χ4v) is 3.90. The molecule has 0 aromatic heterocycles. The second kappa shape index (κ2) is 7.54. The van der Waals surface area contributed by atoms with Crippen LogP contribution < -0.4 is 9.64 Å². The van der Waals surface area contributed by atoms with Crippen LogP contribution in [0.5, 0.6) is 5.75 Å². The van der Waals surface area contributed by atoms with Crippen molar-refractivity contribution in [2.24, 2.45) is 0 Å². The second-order valence-corrected chi connectivity index (χ2v) is 8.58. The van der Waals surface area contributed by atoms with E-state index in [-0.39, 0.29) is 10.8 Å². The average Bonchev–Trinajstić information content (AvgIpc) is 3.09. The number of rotatable bonds is 5. The Bertz CT molecular complexity index is 980. The van der Waals surface area contributed by atoms with E-state index in [2.05, 4.69) is 0 Å². The number of methoxy groups -OCH3 is 1. The molecule has 0 fully saturated rings. The first-order valence-corrected chi connectivity index (χ1v) is 9.96. The number of sulfonamides is 1. The summed E-state index contributed by atoms with van der Waals surface area (Å²) in [6, 6.07) is 12.3. The Morgan fingerprint density at radius 1 is 1.15 bits per heavy atom. The van der Waals surface area contributed by atoms with Crippen LogP contribution >= 0.6 is 0 Å². The number of hydrogen-bond donors (Lipinski definition) is 0. The number of amides is 1. The van der Waals surface area contributed by atoms with Gasteiger partial charge in [0, 0.05) is 32.4 Å². The van der Waals surface area contributed by atoms with Gasteiger partial charge in [0.25, 0.3) is 5.91 Å². The van der Waals surface area contributed by atoms with Crippen molar-refractivity contribution in [3.05, 3.63) is 59.7 Å². The van der Waals surface area contributed by atoms with Crippen LogP contribution in [0.15, 0.2) is 53.4 Å². The van der Waals surface area contributed by atoms with Gasteiger partial charge in [-0.25, -0.2) is 12.7 Å². The van der Waals surface area contributed by atoms with Crippen LogP contribution in [0.1, 0.15) is 11.1 Å². The van der Waals surface area contributed by atoms with Gasteiger partial charge in [0.05, 0.1) is 12.0 Å². The zero-order chi connectivity index (χ0) is 19.6. The first-order chi connectivity index (χ1) is 12.8. The summed E-state index contributed by atoms with van der Waals surface area (Å²) in [4.78, 5) is 14.5. The molecule has 0 atom stereocenters. The number of hydrogen-bond acceptors (Lipinski definition) is 4. The third-order valence-corrected chi connectivity index (χ3v) is 6.34. The summed E-state index contributed by atoms with van der Waals surface area (Å²) in [6.07, 6.45) is 3.92. The Morgan fingerprint density at radius 3 is 2.48 bits per heavy atom. The molecule has 0 bridgehead atoms. The maximum Gasteiger partial charge on any atom is 0.251 e. The van der Waals surface area contributed by atoms with Gasteiger partial charge in [-0.15, -0.1) is 0 Å². The highest BCUT2D eigenvalue weighted by atomic mass is 32.2. The molecule has 1 aliphatic heterocycles.